The largest absolute Gasteiger partial charge is 0.348 e. The molecule has 2 amide bonds. The Morgan fingerprint density at radius 3 is 2.74 bits per heavy atom. The first-order valence-electron chi connectivity index (χ1n) is 8.26. The fourth-order valence-corrected chi connectivity index (χ4v) is 3.44. The number of hydrogen-bond donors (Lipinski definition) is 1. The number of carbonyl (C=O) groups excluding carboxylic acids is 2. The number of aromatic nitrogens is 1. The molecular formula is C18H21N3O2. The molecule has 5 nitrogen and oxygen atoms in total. The Bertz CT molecular complexity index is 817. The molecule has 0 bridgehead atoms. The van der Waals surface area contributed by atoms with Crippen molar-refractivity contribution >= 4 is 28.4 Å². The van der Waals surface area contributed by atoms with Crippen molar-refractivity contribution in [2.24, 2.45) is 7.05 Å². The lowest BCUT2D eigenvalue weighted by molar-refractivity contribution is -0.117. The first-order valence-corrected chi connectivity index (χ1v) is 8.26. The maximum Gasteiger partial charge on any atom is 0.270 e. The quantitative estimate of drug-likeness (QED) is 0.947. The normalized spacial score (nSPS) is 18.0. The molecule has 0 spiro atoms. The van der Waals surface area contributed by atoms with E-state index in [1.165, 1.54) is 0 Å². The van der Waals surface area contributed by atoms with Crippen molar-refractivity contribution in [3.05, 3.63) is 29.5 Å². The zero-order valence-electron chi connectivity index (χ0n) is 13.6. The van der Waals surface area contributed by atoms with Gasteiger partial charge in [0.2, 0.25) is 5.91 Å². The monoisotopic (exact) mass is 311 g/mol. The Morgan fingerprint density at radius 1 is 1.30 bits per heavy atom. The number of rotatable bonds is 3. The molecule has 5 heteroatoms. The van der Waals surface area contributed by atoms with Crippen LogP contribution in [0.4, 0.5) is 5.69 Å². The van der Waals surface area contributed by atoms with Crippen molar-refractivity contribution < 1.29 is 9.59 Å². The van der Waals surface area contributed by atoms with Crippen LogP contribution in [-0.2, 0) is 11.8 Å². The summed E-state index contributed by atoms with van der Waals surface area (Å²) in [5.74, 6) is 0.0398. The van der Waals surface area contributed by atoms with Crippen LogP contribution in [0.3, 0.4) is 0 Å². The van der Waals surface area contributed by atoms with E-state index in [1.807, 2.05) is 30.7 Å². The van der Waals surface area contributed by atoms with Gasteiger partial charge in [-0.2, -0.15) is 0 Å². The summed E-state index contributed by atoms with van der Waals surface area (Å²) in [6.45, 7) is 2.72. The van der Waals surface area contributed by atoms with E-state index in [4.69, 9.17) is 0 Å². The Morgan fingerprint density at radius 2 is 2.09 bits per heavy atom. The summed E-state index contributed by atoms with van der Waals surface area (Å²) in [5.41, 5.74) is 3.51. The molecule has 4 rings (SSSR count). The second-order valence-corrected chi connectivity index (χ2v) is 6.67. The van der Waals surface area contributed by atoms with Gasteiger partial charge < -0.3 is 14.8 Å². The number of nitrogens with one attached hydrogen (secondary N) is 1. The molecule has 2 aliphatic rings. The van der Waals surface area contributed by atoms with Gasteiger partial charge in [0.25, 0.3) is 5.91 Å². The minimum Gasteiger partial charge on any atom is -0.348 e. The average molecular weight is 311 g/mol. The van der Waals surface area contributed by atoms with Crippen molar-refractivity contribution in [3.63, 3.8) is 0 Å². The van der Waals surface area contributed by atoms with Gasteiger partial charge in [-0.05, 0) is 38.3 Å². The fraction of sp³-hybridized carbons (Fsp3) is 0.444. The predicted octanol–water partition coefficient (Wildman–Crippen LogP) is 2.51. The van der Waals surface area contributed by atoms with E-state index in [0.717, 1.165) is 41.4 Å². The number of benzene rings is 1. The van der Waals surface area contributed by atoms with Crippen LogP contribution in [0.25, 0.3) is 10.9 Å². The predicted molar refractivity (Wildman–Crippen MR) is 89.7 cm³/mol. The molecule has 1 aromatic carbocycles. The first kappa shape index (κ1) is 14.3. The van der Waals surface area contributed by atoms with Crippen molar-refractivity contribution in [1.82, 2.24) is 9.88 Å². The van der Waals surface area contributed by atoms with Crippen LogP contribution in [0.15, 0.2) is 18.2 Å². The number of hydrogen-bond acceptors (Lipinski definition) is 2. The summed E-state index contributed by atoms with van der Waals surface area (Å²) >= 11 is 0. The van der Waals surface area contributed by atoms with Crippen LogP contribution in [0.2, 0.25) is 0 Å². The van der Waals surface area contributed by atoms with Crippen molar-refractivity contribution in [2.45, 2.75) is 38.6 Å². The van der Waals surface area contributed by atoms with Crippen LogP contribution < -0.4 is 10.2 Å². The van der Waals surface area contributed by atoms with Crippen molar-refractivity contribution in [3.8, 4) is 0 Å². The zero-order chi connectivity index (χ0) is 16.1. The van der Waals surface area contributed by atoms with Gasteiger partial charge in [-0.15, -0.1) is 0 Å². The van der Waals surface area contributed by atoms with E-state index in [2.05, 4.69) is 11.4 Å². The molecule has 120 valence electrons. The van der Waals surface area contributed by atoms with Gasteiger partial charge in [-0.1, -0.05) is 11.6 Å². The number of aryl methyl sites for hydroxylation is 2. The van der Waals surface area contributed by atoms with Crippen LogP contribution in [0.5, 0.6) is 0 Å². The number of carbonyl (C=O) groups is 2. The van der Waals surface area contributed by atoms with Crippen LogP contribution in [-0.4, -0.2) is 29.0 Å². The number of fused-ring (bicyclic) bond motifs is 1. The maximum atomic E-state index is 12.8. The minimum atomic E-state index is -0.0708. The molecule has 1 N–H and O–H groups in total. The lowest BCUT2D eigenvalue weighted by Gasteiger charge is -2.17. The van der Waals surface area contributed by atoms with E-state index >= 15 is 0 Å². The summed E-state index contributed by atoms with van der Waals surface area (Å²) in [7, 11) is 1.91. The molecule has 0 unspecified atom stereocenters. The molecule has 1 aliphatic heterocycles. The van der Waals surface area contributed by atoms with Gasteiger partial charge in [0.15, 0.2) is 0 Å². The van der Waals surface area contributed by atoms with E-state index in [1.54, 1.807) is 4.90 Å². The van der Waals surface area contributed by atoms with E-state index in [9.17, 15) is 9.59 Å². The smallest absolute Gasteiger partial charge is 0.270 e. The number of amides is 2. The molecule has 0 atom stereocenters. The molecule has 2 aromatic rings. The molecule has 1 aromatic heterocycles. The summed E-state index contributed by atoms with van der Waals surface area (Å²) in [4.78, 5) is 26.9. The molecule has 1 aliphatic carbocycles. The lowest BCUT2D eigenvalue weighted by Crippen LogP contribution is -2.31. The molecule has 1 saturated carbocycles. The molecular weight excluding hydrogens is 290 g/mol. The third-order valence-corrected chi connectivity index (χ3v) is 4.80. The second-order valence-electron chi connectivity index (χ2n) is 6.67. The molecule has 1 saturated heterocycles. The highest BCUT2D eigenvalue weighted by Gasteiger charge is 2.33. The van der Waals surface area contributed by atoms with E-state index in [-0.39, 0.29) is 11.8 Å². The summed E-state index contributed by atoms with van der Waals surface area (Å²) in [5, 5.41) is 4.06. The standard InChI is InChI=1S/C18H21N3O2/c1-11-5-8-14-13(10-11)16(21-9-3-4-15(21)22)17(20(14)2)18(23)19-12-6-7-12/h5,8,10,12H,3-4,6-7,9H2,1-2H3,(H,19,23). The minimum absolute atomic E-state index is 0.0708. The van der Waals surface area contributed by atoms with Gasteiger partial charge in [0, 0.05) is 31.4 Å². The summed E-state index contributed by atoms with van der Waals surface area (Å²) < 4.78 is 1.92. The SMILES string of the molecule is Cc1ccc2c(c1)c(N1CCCC1=O)c(C(=O)NC1CC1)n2C. The fourth-order valence-electron chi connectivity index (χ4n) is 3.44. The Hall–Kier alpha value is -2.30. The van der Waals surface area contributed by atoms with E-state index in [0.29, 0.717) is 24.7 Å². The molecule has 0 radical (unpaired) electrons. The van der Waals surface area contributed by atoms with Crippen molar-refractivity contribution in [2.75, 3.05) is 11.4 Å². The second kappa shape index (κ2) is 5.11. The highest BCUT2D eigenvalue weighted by Crippen LogP contribution is 2.36. The number of nitrogens with zero attached hydrogens (tertiary/aromatic N) is 2. The zero-order valence-corrected chi connectivity index (χ0v) is 13.6. The third-order valence-electron chi connectivity index (χ3n) is 4.80. The maximum absolute atomic E-state index is 12.8. The number of anilines is 1. The topological polar surface area (TPSA) is 54.3 Å². The van der Waals surface area contributed by atoms with Crippen LogP contribution >= 0.6 is 0 Å². The van der Waals surface area contributed by atoms with Gasteiger partial charge in [-0.3, -0.25) is 9.59 Å². The summed E-state index contributed by atoms with van der Waals surface area (Å²) in [6, 6.07) is 6.44. The Balaban J connectivity index is 1.93. The lowest BCUT2D eigenvalue weighted by atomic mass is 10.1. The molecule has 23 heavy (non-hydrogen) atoms. The van der Waals surface area contributed by atoms with Gasteiger partial charge in [0.05, 0.1) is 11.2 Å². The van der Waals surface area contributed by atoms with Gasteiger partial charge >= 0.3 is 0 Å². The van der Waals surface area contributed by atoms with E-state index < -0.39 is 0 Å². The third kappa shape index (κ3) is 2.31. The highest BCUT2D eigenvalue weighted by atomic mass is 16.2. The first-order chi connectivity index (χ1) is 11.1. The highest BCUT2D eigenvalue weighted by molar-refractivity contribution is 6.14. The van der Waals surface area contributed by atoms with Crippen molar-refractivity contribution in [1.29, 1.82) is 0 Å². The Kier molecular flexibility index (Phi) is 3.18. The van der Waals surface area contributed by atoms with Crippen LogP contribution in [0, 0.1) is 6.92 Å². The average Bonchev–Trinajstić information content (AvgIpc) is 3.15. The Labute approximate surface area is 135 Å². The summed E-state index contributed by atoms with van der Waals surface area (Å²) in [6.07, 6.45) is 3.51. The van der Waals surface area contributed by atoms with Gasteiger partial charge in [0.1, 0.15) is 5.69 Å². The molecule has 2 heterocycles. The van der Waals surface area contributed by atoms with Gasteiger partial charge in [-0.25, -0.2) is 0 Å². The van der Waals surface area contributed by atoms with Crippen LogP contribution in [0.1, 0.15) is 41.7 Å². The molecule has 2 fully saturated rings.